The topological polar surface area (TPSA) is 153 Å². The monoisotopic (exact) mass is 504 g/mol. The second-order valence-electron chi connectivity index (χ2n) is 7.00. The van der Waals surface area contributed by atoms with Crippen LogP contribution in [0.5, 0.6) is 5.75 Å². The van der Waals surface area contributed by atoms with E-state index >= 15 is 0 Å². The van der Waals surface area contributed by atoms with Gasteiger partial charge in [-0.3, -0.25) is 15.0 Å². The number of carbonyl (C=O) groups is 1. The van der Waals surface area contributed by atoms with Crippen molar-refractivity contribution in [3.05, 3.63) is 78.3 Å². The van der Waals surface area contributed by atoms with Crippen LogP contribution in [0.25, 0.3) is 10.6 Å². The number of nitrogens with zero attached hydrogens (tertiary/aromatic N) is 2. The molecule has 34 heavy (non-hydrogen) atoms. The largest absolute Gasteiger partial charge is 0.497 e. The average molecular weight is 505 g/mol. The highest BCUT2D eigenvalue weighted by molar-refractivity contribution is 7.83. The number of hydrogen-bond donors (Lipinski definition) is 6. The van der Waals surface area contributed by atoms with Crippen molar-refractivity contribution >= 4 is 29.9 Å². The number of nitrogens with two attached hydrogens (primary N) is 3. The normalized spacial score (nSPS) is 11.2. The first-order valence-electron chi connectivity index (χ1n) is 10.1. The zero-order chi connectivity index (χ0) is 25.5. The maximum absolute atomic E-state index is 10.6. The van der Waals surface area contributed by atoms with Crippen molar-refractivity contribution in [2.45, 2.75) is 24.1 Å². The fourth-order valence-electron chi connectivity index (χ4n) is 2.20. The summed E-state index contributed by atoms with van der Waals surface area (Å²) in [7, 11) is 1.67. The summed E-state index contributed by atoms with van der Waals surface area (Å²) in [5.41, 5.74) is 14.9. The Morgan fingerprint density at radius 3 is 2.41 bits per heavy atom. The van der Waals surface area contributed by atoms with E-state index in [1.54, 1.807) is 31.6 Å². The van der Waals surface area contributed by atoms with Gasteiger partial charge in [-0.2, -0.15) is 0 Å². The van der Waals surface area contributed by atoms with Crippen molar-refractivity contribution in [1.82, 2.24) is 15.5 Å². The molecule has 1 amide bonds. The van der Waals surface area contributed by atoms with Gasteiger partial charge in [0, 0.05) is 24.1 Å². The van der Waals surface area contributed by atoms with Crippen LogP contribution in [0.1, 0.15) is 12.5 Å². The number of benzene rings is 1. The number of thiophene rings is 1. The summed E-state index contributed by atoms with van der Waals surface area (Å²) in [6.07, 6.45) is 3.13. The van der Waals surface area contributed by atoms with Gasteiger partial charge in [0.1, 0.15) is 12.3 Å². The second-order valence-corrected chi connectivity index (χ2v) is 8.86. The Labute approximate surface area is 209 Å². The number of aromatic nitrogens is 1. The predicted molar refractivity (Wildman–Crippen MR) is 139 cm³/mol. The van der Waals surface area contributed by atoms with Gasteiger partial charge in [-0.05, 0) is 50.2 Å². The molecule has 9 nitrogen and oxygen atoms in total. The third-order valence-electron chi connectivity index (χ3n) is 4.06. The standard InChI is InChI=1S/C9H7NS2.C8H10O.C6H15N5O2/c11-9-5-4-8(12-9)7-3-1-2-6-10-7;1-7-3-5-8(9-2)6-4-7;1-4(7)5(8)2-11(9)3-6(12)10-13/h1-6,11H;3-6H,1-2H3;2,4,13H,3,7-9H2,1H3,(H,10,12)/b;;5-2-. The molecule has 0 radical (unpaired) electrons. The second kappa shape index (κ2) is 15.7. The molecule has 2 heterocycles. The van der Waals surface area contributed by atoms with Crippen LogP contribution in [-0.4, -0.2) is 40.8 Å². The molecule has 0 spiro atoms. The van der Waals surface area contributed by atoms with Gasteiger partial charge in [0.2, 0.25) is 0 Å². The van der Waals surface area contributed by atoms with Gasteiger partial charge in [0.25, 0.3) is 5.91 Å². The molecule has 1 unspecified atom stereocenters. The lowest BCUT2D eigenvalue weighted by atomic mass is 10.2. The molecule has 11 heteroatoms. The quantitative estimate of drug-likeness (QED) is 0.130. The van der Waals surface area contributed by atoms with E-state index in [0.29, 0.717) is 5.70 Å². The van der Waals surface area contributed by atoms with Crippen LogP contribution < -0.4 is 27.5 Å². The van der Waals surface area contributed by atoms with Crippen LogP contribution in [0, 0.1) is 6.92 Å². The Morgan fingerprint density at radius 1 is 1.26 bits per heavy atom. The molecule has 0 bridgehead atoms. The van der Waals surface area contributed by atoms with Crippen molar-refractivity contribution in [2.24, 2.45) is 17.3 Å². The van der Waals surface area contributed by atoms with E-state index in [1.807, 2.05) is 54.6 Å². The Kier molecular flexibility index (Phi) is 13.4. The number of rotatable bonds is 6. The van der Waals surface area contributed by atoms with E-state index < -0.39 is 5.91 Å². The third kappa shape index (κ3) is 11.7. The van der Waals surface area contributed by atoms with Gasteiger partial charge in [0.15, 0.2) is 0 Å². The molecule has 2 aromatic heterocycles. The number of pyridine rings is 1. The Balaban J connectivity index is 0.000000259. The van der Waals surface area contributed by atoms with E-state index in [1.165, 1.54) is 22.1 Å². The number of hydroxylamine groups is 1. The van der Waals surface area contributed by atoms with Gasteiger partial charge in [0.05, 0.1) is 21.9 Å². The predicted octanol–water partition coefficient (Wildman–Crippen LogP) is 2.92. The Morgan fingerprint density at radius 2 is 1.94 bits per heavy atom. The smallest absolute Gasteiger partial charge is 0.264 e. The van der Waals surface area contributed by atoms with Gasteiger partial charge in [-0.25, -0.2) is 11.3 Å². The molecule has 0 aliphatic heterocycles. The first-order chi connectivity index (χ1) is 16.2. The molecule has 0 fully saturated rings. The Bertz CT molecular complexity index is 1010. The molecule has 184 valence electrons. The molecular formula is C23H32N6O3S2. The lowest BCUT2D eigenvalue weighted by Gasteiger charge is -2.14. The van der Waals surface area contributed by atoms with Crippen molar-refractivity contribution in [1.29, 1.82) is 0 Å². The molecule has 0 aliphatic rings. The summed E-state index contributed by atoms with van der Waals surface area (Å²) < 4.78 is 5.99. The van der Waals surface area contributed by atoms with Gasteiger partial charge in [-0.15, -0.1) is 24.0 Å². The highest BCUT2D eigenvalue weighted by Gasteiger charge is 2.04. The number of thiol groups is 1. The zero-order valence-electron chi connectivity index (χ0n) is 19.4. The minimum atomic E-state index is -0.628. The molecular weight excluding hydrogens is 472 g/mol. The minimum absolute atomic E-state index is 0.191. The molecule has 1 aromatic carbocycles. The number of ether oxygens (including phenoxy) is 1. The molecule has 8 N–H and O–H groups in total. The zero-order valence-corrected chi connectivity index (χ0v) is 21.1. The van der Waals surface area contributed by atoms with Crippen LogP contribution in [0.2, 0.25) is 0 Å². The van der Waals surface area contributed by atoms with Crippen molar-refractivity contribution in [2.75, 3.05) is 13.7 Å². The number of hydrogen-bond acceptors (Lipinski definition) is 10. The Hall–Kier alpha value is -3.09. The molecule has 0 aliphatic carbocycles. The summed E-state index contributed by atoms with van der Waals surface area (Å²) in [5.74, 6) is 5.63. The number of aryl methyl sites for hydroxylation is 1. The molecule has 3 rings (SSSR count). The maximum atomic E-state index is 10.6. The van der Waals surface area contributed by atoms with Crippen LogP contribution in [0.3, 0.4) is 0 Å². The molecule has 3 aromatic rings. The van der Waals surface area contributed by atoms with E-state index in [2.05, 4.69) is 24.5 Å². The van der Waals surface area contributed by atoms with Crippen LogP contribution in [0.15, 0.2) is 76.9 Å². The van der Waals surface area contributed by atoms with E-state index in [-0.39, 0.29) is 12.6 Å². The minimum Gasteiger partial charge on any atom is -0.497 e. The summed E-state index contributed by atoms with van der Waals surface area (Å²) in [4.78, 5) is 16.0. The number of carbonyl (C=O) groups excluding carboxylic acids is 1. The first kappa shape index (κ1) is 28.9. The summed E-state index contributed by atoms with van der Waals surface area (Å²) in [5, 5.41) is 9.20. The van der Waals surface area contributed by atoms with Crippen LogP contribution >= 0.6 is 24.0 Å². The highest BCUT2D eigenvalue weighted by atomic mass is 32.2. The summed E-state index contributed by atoms with van der Waals surface area (Å²) in [6.45, 7) is 3.55. The average Bonchev–Trinajstić information content (AvgIpc) is 3.27. The van der Waals surface area contributed by atoms with Crippen LogP contribution in [-0.2, 0) is 4.79 Å². The number of nitrogens with one attached hydrogen (secondary N) is 1. The van der Waals surface area contributed by atoms with Crippen molar-refractivity contribution in [3.8, 4) is 16.3 Å². The van der Waals surface area contributed by atoms with Gasteiger partial charge >= 0.3 is 0 Å². The fourth-order valence-corrected chi connectivity index (χ4v) is 3.30. The van der Waals surface area contributed by atoms with E-state index in [9.17, 15) is 4.79 Å². The van der Waals surface area contributed by atoms with E-state index in [4.69, 9.17) is 27.3 Å². The van der Waals surface area contributed by atoms with Gasteiger partial charge < -0.3 is 21.2 Å². The summed E-state index contributed by atoms with van der Waals surface area (Å²) in [6, 6.07) is 17.6. The first-order valence-corrected chi connectivity index (χ1v) is 11.4. The lowest BCUT2D eigenvalue weighted by Crippen LogP contribution is -2.38. The summed E-state index contributed by atoms with van der Waals surface area (Å²) >= 11 is 5.89. The number of hydrazine groups is 1. The van der Waals surface area contributed by atoms with Crippen LogP contribution in [0.4, 0.5) is 0 Å². The lowest BCUT2D eigenvalue weighted by molar-refractivity contribution is -0.129. The van der Waals surface area contributed by atoms with Crippen molar-refractivity contribution < 1.29 is 14.7 Å². The van der Waals surface area contributed by atoms with Crippen molar-refractivity contribution in [3.63, 3.8) is 0 Å². The molecule has 0 saturated heterocycles. The SMILES string of the molecule is CC(N)/C(N)=C/N(N)CC(=O)NO.COc1ccc(C)cc1.Sc1ccc(-c2ccccn2)s1. The third-order valence-corrected chi connectivity index (χ3v) is 5.39. The van der Waals surface area contributed by atoms with Gasteiger partial charge in [-0.1, -0.05) is 23.8 Å². The molecule has 0 saturated carbocycles. The molecule has 1 atom stereocenters. The van der Waals surface area contributed by atoms with E-state index in [0.717, 1.165) is 20.7 Å². The number of amides is 1. The fraction of sp³-hybridized carbons (Fsp3) is 0.217. The number of methoxy groups -OCH3 is 1. The highest BCUT2D eigenvalue weighted by Crippen LogP contribution is 2.27. The maximum Gasteiger partial charge on any atom is 0.264 e.